The Morgan fingerprint density at radius 3 is 2.59 bits per heavy atom. The molecule has 0 radical (unpaired) electrons. The van der Waals surface area contributed by atoms with Crippen LogP contribution in [0, 0.1) is 5.92 Å². The van der Waals surface area contributed by atoms with Crippen LogP contribution in [0.3, 0.4) is 0 Å². The van der Waals surface area contributed by atoms with E-state index in [1.165, 1.54) is 44.2 Å². The number of carboxylic acid groups (broad SMARTS) is 1. The van der Waals surface area contributed by atoms with E-state index in [2.05, 4.69) is 11.5 Å². The summed E-state index contributed by atoms with van der Waals surface area (Å²) in [6, 6.07) is 11.9. The molecule has 39 heavy (non-hydrogen) atoms. The SMILES string of the molecule is C=C(C)C(F)(F)c1ccc(CN(CCC2C=CC(OC(C)(C)C(=O)O)=CC2)c2nc3ccc(Cl)cc3s2)cc1. The van der Waals surface area contributed by atoms with Gasteiger partial charge >= 0.3 is 5.97 Å². The van der Waals surface area contributed by atoms with Gasteiger partial charge in [-0.3, -0.25) is 0 Å². The molecule has 206 valence electrons. The summed E-state index contributed by atoms with van der Waals surface area (Å²) >= 11 is 7.72. The predicted molar refractivity (Wildman–Crippen MR) is 154 cm³/mol. The van der Waals surface area contributed by atoms with Crippen molar-refractivity contribution in [1.29, 1.82) is 0 Å². The van der Waals surface area contributed by atoms with Crippen LogP contribution in [0.1, 0.15) is 44.7 Å². The van der Waals surface area contributed by atoms with Gasteiger partial charge in [0.15, 0.2) is 10.7 Å². The molecule has 0 amide bonds. The zero-order chi connectivity index (χ0) is 28.4. The third-order valence-corrected chi connectivity index (χ3v) is 7.96. The van der Waals surface area contributed by atoms with E-state index in [4.69, 9.17) is 21.3 Å². The van der Waals surface area contributed by atoms with E-state index in [1.807, 2.05) is 36.4 Å². The molecule has 1 aliphatic rings. The lowest BCUT2D eigenvalue weighted by molar-refractivity contribution is -0.156. The molecule has 1 atom stereocenters. The van der Waals surface area contributed by atoms with Crippen molar-refractivity contribution in [2.24, 2.45) is 5.92 Å². The number of halogens is 3. The van der Waals surface area contributed by atoms with Gasteiger partial charge in [-0.05, 0) is 81.0 Å². The number of benzene rings is 2. The van der Waals surface area contributed by atoms with Gasteiger partial charge in [-0.25, -0.2) is 9.78 Å². The van der Waals surface area contributed by atoms with E-state index in [0.717, 1.165) is 33.8 Å². The van der Waals surface area contributed by atoms with Crippen molar-refractivity contribution in [2.45, 2.75) is 51.7 Å². The third-order valence-electron chi connectivity index (χ3n) is 6.65. The smallest absolute Gasteiger partial charge is 0.347 e. The minimum absolute atomic E-state index is 0.0804. The molecule has 0 aliphatic heterocycles. The second-order valence-corrected chi connectivity index (χ2v) is 11.7. The summed E-state index contributed by atoms with van der Waals surface area (Å²) in [7, 11) is 0. The Labute approximate surface area is 236 Å². The number of fused-ring (bicyclic) bond motifs is 1. The molecule has 5 nitrogen and oxygen atoms in total. The zero-order valence-corrected chi connectivity index (χ0v) is 23.7. The van der Waals surface area contributed by atoms with E-state index in [-0.39, 0.29) is 17.1 Å². The fraction of sp³-hybridized carbons (Fsp3) is 0.333. The first-order chi connectivity index (χ1) is 18.3. The number of thiazole rings is 1. The number of ether oxygens (including phenoxy) is 1. The number of hydrogen-bond donors (Lipinski definition) is 1. The third kappa shape index (κ3) is 6.86. The molecule has 2 aromatic carbocycles. The average molecular weight is 573 g/mol. The molecule has 1 heterocycles. The Morgan fingerprint density at radius 1 is 1.26 bits per heavy atom. The van der Waals surface area contributed by atoms with E-state index in [9.17, 15) is 18.7 Å². The maximum Gasteiger partial charge on any atom is 0.347 e. The molecular formula is C30H31ClF2N2O3S. The van der Waals surface area contributed by atoms with Crippen molar-refractivity contribution in [3.63, 3.8) is 0 Å². The second kappa shape index (κ2) is 11.5. The minimum atomic E-state index is -3.08. The molecule has 1 unspecified atom stereocenters. The van der Waals surface area contributed by atoms with Crippen molar-refractivity contribution in [1.82, 2.24) is 4.98 Å². The van der Waals surface area contributed by atoms with E-state index in [1.54, 1.807) is 12.1 Å². The number of carbonyl (C=O) groups is 1. The van der Waals surface area contributed by atoms with Gasteiger partial charge in [0.2, 0.25) is 0 Å². The molecular weight excluding hydrogens is 542 g/mol. The van der Waals surface area contributed by atoms with Crippen LogP contribution >= 0.6 is 22.9 Å². The standard InChI is InChI=1S/C30H31ClF2N2O3S/c1-19(2)30(32,33)22-9-5-21(6-10-22)18-35(28-34-25-14-11-23(31)17-26(25)39-28)16-15-20-7-12-24(13-8-20)38-29(3,4)27(36)37/h5-7,9-14,17,20H,1,8,15-16,18H2,2-4H3,(H,36,37). The van der Waals surface area contributed by atoms with Gasteiger partial charge < -0.3 is 14.7 Å². The maximum absolute atomic E-state index is 14.4. The largest absolute Gasteiger partial charge is 0.478 e. The van der Waals surface area contributed by atoms with Crippen LogP contribution in [-0.2, 0) is 22.0 Å². The number of aliphatic carboxylic acids is 1. The highest BCUT2D eigenvalue weighted by atomic mass is 35.5. The molecule has 3 aromatic rings. The minimum Gasteiger partial charge on any atom is -0.478 e. The van der Waals surface area contributed by atoms with Crippen LogP contribution in [-0.4, -0.2) is 28.2 Å². The number of nitrogens with zero attached hydrogens (tertiary/aromatic N) is 2. The lowest BCUT2D eigenvalue weighted by atomic mass is 9.96. The normalized spacial score (nSPS) is 15.7. The molecule has 0 saturated heterocycles. The first kappa shape index (κ1) is 28.8. The highest BCUT2D eigenvalue weighted by Gasteiger charge is 2.32. The second-order valence-electron chi connectivity index (χ2n) is 10.2. The van der Waals surface area contributed by atoms with Crippen LogP contribution in [0.15, 0.2) is 78.6 Å². The van der Waals surface area contributed by atoms with Crippen LogP contribution < -0.4 is 4.90 Å². The number of alkyl halides is 2. The van der Waals surface area contributed by atoms with Crippen LogP contribution in [0.25, 0.3) is 10.2 Å². The molecule has 4 rings (SSSR count). The highest BCUT2D eigenvalue weighted by molar-refractivity contribution is 7.22. The number of anilines is 1. The summed E-state index contributed by atoms with van der Waals surface area (Å²) in [5.74, 6) is -3.32. The van der Waals surface area contributed by atoms with Gasteiger partial charge in [0, 0.05) is 23.7 Å². The van der Waals surface area contributed by atoms with Crippen molar-refractivity contribution in [3.8, 4) is 0 Å². The van der Waals surface area contributed by atoms with Crippen molar-refractivity contribution >= 4 is 44.3 Å². The maximum atomic E-state index is 14.4. The summed E-state index contributed by atoms with van der Waals surface area (Å²) < 4.78 is 35.4. The Balaban J connectivity index is 1.50. The summed E-state index contributed by atoms with van der Waals surface area (Å²) in [5, 5.41) is 10.8. The molecule has 0 spiro atoms. The lowest BCUT2D eigenvalue weighted by Crippen LogP contribution is -2.34. The van der Waals surface area contributed by atoms with Crippen LogP contribution in [0.5, 0.6) is 0 Å². The average Bonchev–Trinajstić information content (AvgIpc) is 3.30. The summed E-state index contributed by atoms with van der Waals surface area (Å²) in [5.41, 5.74) is 0.158. The zero-order valence-electron chi connectivity index (χ0n) is 22.1. The van der Waals surface area contributed by atoms with Crippen molar-refractivity contribution in [2.75, 3.05) is 11.4 Å². The Hall–Kier alpha value is -3.23. The fourth-order valence-electron chi connectivity index (χ4n) is 4.14. The van der Waals surface area contributed by atoms with Crippen LogP contribution in [0.2, 0.25) is 5.02 Å². The van der Waals surface area contributed by atoms with Crippen LogP contribution in [0.4, 0.5) is 13.9 Å². The molecule has 1 N–H and O–H groups in total. The predicted octanol–water partition coefficient (Wildman–Crippen LogP) is 8.35. The number of rotatable bonds is 11. The Morgan fingerprint density at radius 2 is 1.97 bits per heavy atom. The Kier molecular flexibility index (Phi) is 8.47. The van der Waals surface area contributed by atoms with Crippen molar-refractivity contribution in [3.05, 3.63) is 94.8 Å². The summed E-state index contributed by atoms with van der Waals surface area (Å²) in [6.45, 7) is 8.96. The molecule has 0 saturated carbocycles. The molecule has 9 heteroatoms. The number of carboxylic acids is 1. The van der Waals surface area contributed by atoms with Gasteiger partial charge in [0.05, 0.1) is 10.2 Å². The monoisotopic (exact) mass is 572 g/mol. The molecule has 1 aromatic heterocycles. The quantitative estimate of drug-likeness (QED) is 0.234. The number of hydrogen-bond acceptors (Lipinski definition) is 5. The van der Waals surface area contributed by atoms with Gasteiger partial charge in [-0.15, -0.1) is 0 Å². The van der Waals surface area contributed by atoms with E-state index >= 15 is 0 Å². The topological polar surface area (TPSA) is 62.7 Å². The van der Waals surface area contributed by atoms with Gasteiger partial charge in [0.25, 0.3) is 5.92 Å². The van der Waals surface area contributed by atoms with Gasteiger partial charge in [-0.2, -0.15) is 8.78 Å². The van der Waals surface area contributed by atoms with E-state index < -0.39 is 17.5 Å². The first-order valence-corrected chi connectivity index (χ1v) is 13.8. The van der Waals surface area contributed by atoms with Gasteiger partial charge in [0.1, 0.15) is 5.76 Å². The van der Waals surface area contributed by atoms with Crippen molar-refractivity contribution < 1.29 is 23.4 Å². The molecule has 0 bridgehead atoms. The molecule has 0 fully saturated rings. The Bertz CT molecular complexity index is 1430. The van der Waals surface area contributed by atoms with Gasteiger partial charge in [-0.1, -0.05) is 59.9 Å². The highest BCUT2D eigenvalue weighted by Crippen LogP contribution is 2.36. The van der Waals surface area contributed by atoms with E-state index in [0.29, 0.717) is 23.9 Å². The summed E-state index contributed by atoms with van der Waals surface area (Å²) in [6.07, 6.45) is 7.31. The molecule has 1 aliphatic carbocycles. The number of aromatic nitrogens is 1. The fourth-order valence-corrected chi connectivity index (χ4v) is 5.41. The summed E-state index contributed by atoms with van der Waals surface area (Å²) in [4.78, 5) is 18.3. The first-order valence-electron chi connectivity index (χ1n) is 12.6. The number of allylic oxidation sites excluding steroid dienone is 4. The lowest BCUT2D eigenvalue weighted by Gasteiger charge is -2.27.